The Morgan fingerprint density at radius 2 is 1.86 bits per heavy atom. The molecule has 0 aliphatic carbocycles. The number of aryl methyl sites for hydroxylation is 1. The lowest BCUT2D eigenvalue weighted by Gasteiger charge is -2.37. The molecule has 1 saturated heterocycles. The number of hydrogen-bond donors (Lipinski definition) is 1. The van der Waals surface area contributed by atoms with Crippen LogP contribution in [0.2, 0.25) is 0 Å². The quantitative estimate of drug-likeness (QED) is 0.685. The van der Waals surface area contributed by atoms with Crippen LogP contribution in [0.4, 0.5) is 0 Å². The van der Waals surface area contributed by atoms with Gasteiger partial charge in [-0.15, -0.1) is 5.10 Å². The molecule has 150 valence electrons. The number of aromatic hydroxyl groups is 1. The van der Waals surface area contributed by atoms with Crippen molar-refractivity contribution in [3.63, 3.8) is 0 Å². The summed E-state index contributed by atoms with van der Waals surface area (Å²) in [6, 6.07) is 8.18. The molecular formula is C20H27N5O2S. The number of fused-ring (bicyclic) bond motifs is 1. The third-order valence-corrected chi connectivity index (χ3v) is 6.29. The molecule has 1 aliphatic rings. The lowest BCUT2D eigenvalue weighted by atomic mass is 10.0. The highest BCUT2D eigenvalue weighted by atomic mass is 32.1. The largest absolute Gasteiger partial charge is 0.494 e. The van der Waals surface area contributed by atoms with Gasteiger partial charge in [-0.1, -0.05) is 30.4 Å². The van der Waals surface area contributed by atoms with Gasteiger partial charge in [0.05, 0.1) is 17.5 Å². The van der Waals surface area contributed by atoms with Crippen LogP contribution in [0.3, 0.4) is 0 Å². The first-order valence-electron chi connectivity index (χ1n) is 9.83. The van der Waals surface area contributed by atoms with Crippen LogP contribution in [0.15, 0.2) is 24.3 Å². The lowest BCUT2D eigenvalue weighted by molar-refractivity contribution is 0.127. The minimum Gasteiger partial charge on any atom is -0.494 e. The summed E-state index contributed by atoms with van der Waals surface area (Å²) in [5, 5.41) is 15.4. The van der Waals surface area contributed by atoms with E-state index in [0.29, 0.717) is 6.61 Å². The van der Waals surface area contributed by atoms with Crippen LogP contribution < -0.4 is 4.74 Å². The highest BCUT2D eigenvalue weighted by Crippen LogP contribution is 2.40. The maximum absolute atomic E-state index is 11.0. The molecule has 28 heavy (non-hydrogen) atoms. The van der Waals surface area contributed by atoms with Gasteiger partial charge in [0.1, 0.15) is 5.75 Å². The molecular weight excluding hydrogens is 374 g/mol. The molecule has 0 radical (unpaired) electrons. The van der Waals surface area contributed by atoms with Crippen LogP contribution in [0, 0.1) is 0 Å². The fraction of sp³-hybridized carbons (Fsp3) is 0.500. The number of ether oxygens (including phenoxy) is 1. The van der Waals surface area contributed by atoms with E-state index in [2.05, 4.69) is 39.1 Å². The monoisotopic (exact) mass is 401 g/mol. The molecule has 8 heteroatoms. The molecule has 0 saturated carbocycles. The zero-order chi connectivity index (χ0) is 19.7. The van der Waals surface area contributed by atoms with Crippen LogP contribution in [0.5, 0.6) is 11.6 Å². The fourth-order valence-corrected chi connectivity index (χ4v) is 4.78. The van der Waals surface area contributed by atoms with Crippen LogP contribution in [0.1, 0.15) is 36.2 Å². The average molecular weight is 402 g/mol. The van der Waals surface area contributed by atoms with Gasteiger partial charge in [-0.05, 0) is 31.7 Å². The SMILES string of the molecule is CCOc1ccc(C(c2sc3nc(CC)nn3c2O)N2CCN(C)CC2)cc1. The van der Waals surface area contributed by atoms with E-state index in [9.17, 15) is 5.11 Å². The van der Waals surface area contributed by atoms with E-state index in [1.807, 2.05) is 26.0 Å². The third-order valence-electron chi connectivity index (χ3n) is 5.22. The number of thiazole rings is 1. The summed E-state index contributed by atoms with van der Waals surface area (Å²) in [7, 11) is 2.15. The van der Waals surface area contributed by atoms with Gasteiger partial charge in [0.25, 0.3) is 0 Å². The lowest BCUT2D eigenvalue weighted by Crippen LogP contribution is -2.46. The van der Waals surface area contributed by atoms with Crippen LogP contribution in [-0.2, 0) is 6.42 Å². The molecule has 0 amide bonds. The first-order valence-corrected chi connectivity index (χ1v) is 10.6. The Morgan fingerprint density at radius 1 is 1.14 bits per heavy atom. The predicted molar refractivity (Wildman–Crippen MR) is 110 cm³/mol. The summed E-state index contributed by atoms with van der Waals surface area (Å²) < 4.78 is 7.18. The number of aromatic nitrogens is 3. The van der Waals surface area contributed by atoms with Crippen LogP contribution >= 0.6 is 11.3 Å². The first-order chi connectivity index (χ1) is 13.6. The Labute approximate surface area is 169 Å². The third kappa shape index (κ3) is 3.59. The molecule has 4 rings (SSSR count). The van der Waals surface area contributed by atoms with E-state index in [-0.39, 0.29) is 11.9 Å². The summed E-state index contributed by atoms with van der Waals surface area (Å²) in [4.78, 5) is 11.0. The zero-order valence-corrected chi connectivity index (χ0v) is 17.4. The topological polar surface area (TPSA) is 66.1 Å². The molecule has 3 aromatic rings. The molecule has 1 aliphatic heterocycles. The van der Waals surface area contributed by atoms with Crippen molar-refractivity contribution in [2.75, 3.05) is 39.8 Å². The number of likely N-dealkylation sites (N-methyl/N-ethyl adjacent to an activating group) is 1. The van der Waals surface area contributed by atoms with Crippen LogP contribution in [0.25, 0.3) is 4.96 Å². The maximum atomic E-state index is 11.0. The molecule has 1 aromatic carbocycles. The highest BCUT2D eigenvalue weighted by Gasteiger charge is 2.31. The van der Waals surface area contributed by atoms with Gasteiger partial charge in [-0.2, -0.15) is 4.52 Å². The standard InChI is InChI=1S/C20H27N5O2S/c1-4-16-21-20-25(22-16)19(26)18(28-20)17(24-12-10-23(3)11-13-24)14-6-8-15(9-7-14)27-5-2/h6-9,17,26H,4-5,10-13H2,1-3H3. The average Bonchev–Trinajstić information content (AvgIpc) is 3.24. The van der Waals surface area contributed by atoms with Gasteiger partial charge < -0.3 is 14.7 Å². The van der Waals surface area contributed by atoms with E-state index >= 15 is 0 Å². The number of piperazine rings is 1. The smallest absolute Gasteiger partial charge is 0.230 e. The van der Waals surface area contributed by atoms with Crippen molar-refractivity contribution >= 4 is 16.3 Å². The summed E-state index contributed by atoms with van der Waals surface area (Å²) >= 11 is 1.52. The second kappa shape index (κ2) is 8.06. The fourth-order valence-electron chi connectivity index (χ4n) is 3.64. The minimum absolute atomic E-state index is 0.0250. The van der Waals surface area contributed by atoms with Crippen molar-refractivity contribution < 1.29 is 9.84 Å². The molecule has 2 aromatic heterocycles. The summed E-state index contributed by atoms with van der Waals surface area (Å²) in [6.07, 6.45) is 0.754. The predicted octanol–water partition coefficient (Wildman–Crippen LogP) is 2.79. The van der Waals surface area contributed by atoms with Crippen molar-refractivity contribution in [3.8, 4) is 11.6 Å². The normalized spacial score (nSPS) is 17.2. The summed E-state index contributed by atoms with van der Waals surface area (Å²) in [5.41, 5.74) is 1.14. The van der Waals surface area contributed by atoms with Crippen molar-refractivity contribution in [1.82, 2.24) is 24.4 Å². The van der Waals surface area contributed by atoms with E-state index in [1.165, 1.54) is 11.3 Å². The molecule has 0 bridgehead atoms. The zero-order valence-electron chi connectivity index (χ0n) is 16.6. The van der Waals surface area contributed by atoms with Crippen molar-refractivity contribution in [2.24, 2.45) is 0 Å². The van der Waals surface area contributed by atoms with Crippen molar-refractivity contribution in [3.05, 3.63) is 40.5 Å². The van der Waals surface area contributed by atoms with Crippen molar-refractivity contribution in [1.29, 1.82) is 0 Å². The Bertz CT molecular complexity index is 928. The van der Waals surface area contributed by atoms with E-state index in [4.69, 9.17) is 4.74 Å². The first kappa shape index (κ1) is 19.2. The number of rotatable bonds is 6. The molecule has 1 N–H and O–H groups in total. The van der Waals surface area contributed by atoms with Gasteiger partial charge in [-0.25, -0.2) is 4.98 Å². The Hall–Kier alpha value is -2.16. The Morgan fingerprint density at radius 3 is 2.46 bits per heavy atom. The minimum atomic E-state index is -0.0250. The van der Waals surface area contributed by atoms with Gasteiger partial charge in [0.15, 0.2) is 5.82 Å². The summed E-state index contributed by atoms with van der Waals surface area (Å²) in [6.45, 7) is 8.56. The van der Waals surface area contributed by atoms with E-state index in [1.54, 1.807) is 4.52 Å². The number of benzene rings is 1. The van der Waals surface area contributed by atoms with E-state index < -0.39 is 0 Å². The molecule has 1 unspecified atom stereocenters. The van der Waals surface area contributed by atoms with Crippen molar-refractivity contribution in [2.45, 2.75) is 26.3 Å². The van der Waals surface area contributed by atoms with Gasteiger partial charge in [0.2, 0.25) is 10.8 Å². The molecule has 1 atom stereocenters. The molecule has 3 heterocycles. The number of nitrogens with zero attached hydrogens (tertiary/aromatic N) is 5. The van der Waals surface area contributed by atoms with Gasteiger partial charge >= 0.3 is 0 Å². The van der Waals surface area contributed by atoms with E-state index in [0.717, 1.165) is 59.6 Å². The number of hydrogen-bond acceptors (Lipinski definition) is 7. The highest BCUT2D eigenvalue weighted by molar-refractivity contribution is 7.17. The molecule has 1 fully saturated rings. The Balaban J connectivity index is 1.74. The molecule has 7 nitrogen and oxygen atoms in total. The maximum Gasteiger partial charge on any atom is 0.230 e. The van der Waals surface area contributed by atoms with Crippen LogP contribution in [-0.4, -0.2) is 69.3 Å². The molecule has 0 spiro atoms. The second-order valence-electron chi connectivity index (χ2n) is 7.11. The van der Waals surface area contributed by atoms with Gasteiger partial charge in [0, 0.05) is 32.6 Å². The van der Waals surface area contributed by atoms with Gasteiger partial charge in [-0.3, -0.25) is 4.90 Å². The summed E-state index contributed by atoms with van der Waals surface area (Å²) in [5.74, 6) is 1.82. The second-order valence-corrected chi connectivity index (χ2v) is 8.12. The Kier molecular flexibility index (Phi) is 5.52.